The molecule has 96 valence electrons. The van der Waals surface area contributed by atoms with Gasteiger partial charge in [-0.1, -0.05) is 6.07 Å². The third kappa shape index (κ3) is 3.42. The number of rotatable bonds is 6. The molecule has 1 heterocycles. The second-order valence-corrected chi connectivity index (χ2v) is 4.23. The summed E-state index contributed by atoms with van der Waals surface area (Å²) in [5.41, 5.74) is 6.32. The lowest BCUT2D eigenvalue weighted by Crippen LogP contribution is -2.16. The standard InChI is InChI=1S/C14H18N2O2/c15-7-5-12(17)6-9-18-13-3-4-14-11(10-13)2-1-8-16-14/h1-4,8,10,12,17H,5-7,9,15H2. The molecule has 2 aromatic rings. The molecule has 0 fully saturated rings. The fourth-order valence-electron chi connectivity index (χ4n) is 1.79. The van der Waals surface area contributed by atoms with Crippen LogP contribution in [0.3, 0.4) is 0 Å². The van der Waals surface area contributed by atoms with Crippen molar-refractivity contribution in [2.24, 2.45) is 5.73 Å². The minimum atomic E-state index is -0.378. The number of aliphatic hydroxyl groups excluding tert-OH is 1. The summed E-state index contributed by atoms with van der Waals surface area (Å²) in [5, 5.41) is 10.6. The lowest BCUT2D eigenvalue weighted by atomic mass is 10.2. The van der Waals surface area contributed by atoms with Crippen LogP contribution in [0.5, 0.6) is 5.75 Å². The summed E-state index contributed by atoms with van der Waals surface area (Å²) < 4.78 is 5.60. The van der Waals surface area contributed by atoms with Gasteiger partial charge in [0.15, 0.2) is 0 Å². The molecule has 18 heavy (non-hydrogen) atoms. The monoisotopic (exact) mass is 246 g/mol. The summed E-state index contributed by atoms with van der Waals surface area (Å²) in [5.74, 6) is 0.801. The first-order valence-electron chi connectivity index (χ1n) is 6.15. The molecule has 1 aromatic heterocycles. The normalized spacial score (nSPS) is 12.6. The molecule has 0 saturated carbocycles. The van der Waals surface area contributed by atoms with Gasteiger partial charge in [0.1, 0.15) is 5.75 Å². The second-order valence-electron chi connectivity index (χ2n) is 4.23. The Balaban J connectivity index is 1.91. The number of benzene rings is 1. The summed E-state index contributed by atoms with van der Waals surface area (Å²) >= 11 is 0. The predicted molar refractivity (Wildman–Crippen MR) is 71.5 cm³/mol. The molecule has 2 rings (SSSR count). The van der Waals surface area contributed by atoms with Crippen molar-refractivity contribution in [3.05, 3.63) is 36.5 Å². The molecule has 4 nitrogen and oxygen atoms in total. The molecule has 0 aliphatic heterocycles. The maximum absolute atomic E-state index is 9.53. The number of hydrogen-bond donors (Lipinski definition) is 2. The highest BCUT2D eigenvalue weighted by Gasteiger charge is 2.03. The fraction of sp³-hybridized carbons (Fsp3) is 0.357. The van der Waals surface area contributed by atoms with Gasteiger partial charge in [-0.3, -0.25) is 4.98 Å². The third-order valence-electron chi connectivity index (χ3n) is 2.79. The highest BCUT2D eigenvalue weighted by Crippen LogP contribution is 2.19. The van der Waals surface area contributed by atoms with E-state index in [0.717, 1.165) is 16.7 Å². The Hall–Kier alpha value is -1.65. The van der Waals surface area contributed by atoms with Crippen molar-refractivity contribution >= 4 is 10.9 Å². The van der Waals surface area contributed by atoms with Crippen molar-refractivity contribution < 1.29 is 9.84 Å². The fourth-order valence-corrected chi connectivity index (χ4v) is 1.79. The number of fused-ring (bicyclic) bond motifs is 1. The molecular weight excluding hydrogens is 228 g/mol. The van der Waals surface area contributed by atoms with Crippen LogP contribution in [0.2, 0.25) is 0 Å². The van der Waals surface area contributed by atoms with E-state index in [1.165, 1.54) is 0 Å². The van der Waals surface area contributed by atoms with Gasteiger partial charge in [0.25, 0.3) is 0 Å². The van der Waals surface area contributed by atoms with Gasteiger partial charge >= 0.3 is 0 Å². The van der Waals surface area contributed by atoms with E-state index in [-0.39, 0.29) is 6.10 Å². The number of aromatic nitrogens is 1. The molecule has 0 bridgehead atoms. The van der Waals surface area contributed by atoms with Crippen molar-refractivity contribution in [2.75, 3.05) is 13.2 Å². The third-order valence-corrected chi connectivity index (χ3v) is 2.79. The average molecular weight is 246 g/mol. The minimum absolute atomic E-state index is 0.378. The SMILES string of the molecule is NCCC(O)CCOc1ccc2ncccc2c1. The number of pyridine rings is 1. The van der Waals surface area contributed by atoms with Crippen LogP contribution in [0.15, 0.2) is 36.5 Å². The second kappa shape index (κ2) is 6.33. The van der Waals surface area contributed by atoms with E-state index >= 15 is 0 Å². The molecule has 1 aromatic carbocycles. The first-order chi connectivity index (χ1) is 8.79. The predicted octanol–water partition coefficient (Wildman–Crippen LogP) is 1.71. The molecule has 0 aliphatic carbocycles. The summed E-state index contributed by atoms with van der Waals surface area (Å²) in [7, 11) is 0. The van der Waals surface area contributed by atoms with E-state index in [1.807, 2.05) is 30.3 Å². The van der Waals surface area contributed by atoms with Crippen molar-refractivity contribution in [1.29, 1.82) is 0 Å². The Morgan fingerprint density at radius 3 is 3.00 bits per heavy atom. The first-order valence-corrected chi connectivity index (χ1v) is 6.15. The average Bonchev–Trinajstić information content (AvgIpc) is 2.39. The smallest absolute Gasteiger partial charge is 0.120 e. The molecular formula is C14H18N2O2. The molecule has 3 N–H and O–H groups in total. The van der Waals surface area contributed by atoms with Crippen LogP contribution in [0.4, 0.5) is 0 Å². The molecule has 0 spiro atoms. The van der Waals surface area contributed by atoms with Gasteiger partial charge in [-0.15, -0.1) is 0 Å². The van der Waals surface area contributed by atoms with Crippen LogP contribution in [0, 0.1) is 0 Å². The Kier molecular flexibility index (Phi) is 4.50. The van der Waals surface area contributed by atoms with Crippen LogP contribution in [-0.4, -0.2) is 29.3 Å². The maximum atomic E-state index is 9.53. The summed E-state index contributed by atoms with van der Waals surface area (Å²) in [4.78, 5) is 4.25. The maximum Gasteiger partial charge on any atom is 0.120 e. The molecule has 0 saturated heterocycles. The summed E-state index contributed by atoms with van der Waals surface area (Å²) in [6, 6.07) is 9.68. The van der Waals surface area contributed by atoms with Gasteiger partial charge in [-0.2, -0.15) is 0 Å². The number of aliphatic hydroxyl groups is 1. The minimum Gasteiger partial charge on any atom is -0.493 e. The quantitative estimate of drug-likeness (QED) is 0.814. The van der Waals surface area contributed by atoms with Crippen LogP contribution >= 0.6 is 0 Å². The van der Waals surface area contributed by atoms with Crippen LogP contribution in [-0.2, 0) is 0 Å². The number of nitrogens with zero attached hydrogens (tertiary/aromatic N) is 1. The first kappa shape index (κ1) is 12.8. The number of nitrogens with two attached hydrogens (primary N) is 1. The molecule has 0 aliphatic rings. The highest BCUT2D eigenvalue weighted by molar-refractivity contribution is 5.79. The zero-order valence-corrected chi connectivity index (χ0v) is 10.2. The van der Waals surface area contributed by atoms with Crippen LogP contribution < -0.4 is 10.5 Å². The Labute approximate surface area is 106 Å². The van der Waals surface area contributed by atoms with E-state index in [2.05, 4.69) is 4.98 Å². The Bertz CT molecular complexity index is 502. The molecule has 1 unspecified atom stereocenters. The van der Waals surface area contributed by atoms with E-state index in [0.29, 0.717) is 26.0 Å². The summed E-state index contributed by atoms with van der Waals surface area (Å²) in [6.07, 6.45) is 2.61. The highest BCUT2D eigenvalue weighted by atomic mass is 16.5. The Morgan fingerprint density at radius 1 is 1.28 bits per heavy atom. The van der Waals surface area contributed by atoms with E-state index in [4.69, 9.17) is 10.5 Å². The molecule has 4 heteroatoms. The zero-order chi connectivity index (χ0) is 12.8. The van der Waals surface area contributed by atoms with Gasteiger partial charge in [0, 0.05) is 18.0 Å². The van der Waals surface area contributed by atoms with Crippen LogP contribution in [0.1, 0.15) is 12.8 Å². The topological polar surface area (TPSA) is 68.4 Å². The molecule has 0 amide bonds. The lowest BCUT2D eigenvalue weighted by Gasteiger charge is -2.10. The Morgan fingerprint density at radius 2 is 2.17 bits per heavy atom. The number of hydrogen-bond acceptors (Lipinski definition) is 4. The lowest BCUT2D eigenvalue weighted by molar-refractivity contribution is 0.133. The molecule has 0 radical (unpaired) electrons. The van der Waals surface area contributed by atoms with E-state index in [9.17, 15) is 5.11 Å². The zero-order valence-electron chi connectivity index (χ0n) is 10.2. The van der Waals surface area contributed by atoms with Crippen molar-refractivity contribution in [1.82, 2.24) is 4.98 Å². The largest absolute Gasteiger partial charge is 0.493 e. The molecule has 1 atom stereocenters. The van der Waals surface area contributed by atoms with Crippen molar-refractivity contribution in [2.45, 2.75) is 18.9 Å². The van der Waals surface area contributed by atoms with E-state index in [1.54, 1.807) is 6.20 Å². The van der Waals surface area contributed by atoms with Crippen molar-refractivity contribution in [3.8, 4) is 5.75 Å². The van der Waals surface area contributed by atoms with Gasteiger partial charge < -0.3 is 15.6 Å². The van der Waals surface area contributed by atoms with Gasteiger partial charge in [-0.25, -0.2) is 0 Å². The van der Waals surface area contributed by atoms with Gasteiger partial charge in [0.05, 0.1) is 18.2 Å². The summed E-state index contributed by atoms with van der Waals surface area (Å²) in [6.45, 7) is 0.996. The van der Waals surface area contributed by atoms with Crippen LogP contribution in [0.25, 0.3) is 10.9 Å². The van der Waals surface area contributed by atoms with Gasteiger partial charge in [0.2, 0.25) is 0 Å². The number of ether oxygens (including phenoxy) is 1. The van der Waals surface area contributed by atoms with Crippen molar-refractivity contribution in [3.63, 3.8) is 0 Å². The van der Waals surface area contributed by atoms with Gasteiger partial charge in [-0.05, 0) is 37.2 Å². The van der Waals surface area contributed by atoms with E-state index < -0.39 is 0 Å².